The fourth-order valence-electron chi connectivity index (χ4n) is 1.78. The maximum atomic E-state index is 10.2. The summed E-state index contributed by atoms with van der Waals surface area (Å²) >= 11 is 0. The Morgan fingerprint density at radius 2 is 1.79 bits per heavy atom. The molecule has 0 aromatic heterocycles. The lowest BCUT2D eigenvalue weighted by atomic mass is 10.1. The van der Waals surface area contributed by atoms with Crippen LogP contribution in [0.4, 0.5) is 0 Å². The Balaban J connectivity index is 0.000000342. The van der Waals surface area contributed by atoms with Gasteiger partial charge in [0.2, 0.25) is 0 Å². The molecule has 0 aromatic carbocycles. The Kier molecular flexibility index (Phi) is 10.1. The Morgan fingerprint density at radius 1 is 1.16 bits per heavy atom. The quantitative estimate of drug-likeness (QED) is 0.521. The van der Waals surface area contributed by atoms with E-state index in [2.05, 4.69) is 12.2 Å². The molecule has 1 rings (SSSR count). The van der Waals surface area contributed by atoms with Crippen LogP contribution in [0.15, 0.2) is 0 Å². The summed E-state index contributed by atoms with van der Waals surface area (Å²) in [6.07, 6.45) is 5.73. The lowest BCUT2D eigenvalue weighted by Gasteiger charge is -1.99. The molecule has 1 aliphatic heterocycles. The van der Waals surface area contributed by atoms with Gasteiger partial charge in [0.05, 0.1) is 6.10 Å². The minimum atomic E-state index is -0.883. The molecule has 0 bridgehead atoms. The molecule has 6 nitrogen and oxygen atoms in total. The second-order valence-electron chi connectivity index (χ2n) is 4.75. The van der Waals surface area contributed by atoms with Gasteiger partial charge in [-0.05, 0) is 6.42 Å². The summed E-state index contributed by atoms with van der Waals surface area (Å²) < 4.78 is 0. The summed E-state index contributed by atoms with van der Waals surface area (Å²) in [5.74, 6) is -1.55. The lowest BCUT2D eigenvalue weighted by molar-refractivity contribution is -0.139. The highest BCUT2D eigenvalue weighted by atomic mass is 16.4. The molecule has 1 fully saturated rings. The highest BCUT2D eigenvalue weighted by Crippen LogP contribution is 2.05. The van der Waals surface area contributed by atoms with Gasteiger partial charge >= 0.3 is 11.9 Å². The van der Waals surface area contributed by atoms with Gasteiger partial charge in [0.1, 0.15) is 6.04 Å². The topological polar surface area (TPSA) is 107 Å². The van der Waals surface area contributed by atoms with Crippen molar-refractivity contribution in [3.63, 3.8) is 0 Å². The standard InChI is InChI=1S/C8H16O2.C5H9NO3/c1-2-3-4-5-6-7-8(9)10;7-3-1-4(5(8)9)6-2-3/h2-7H2,1H3,(H,9,10);3-4,6-7H,1-2H2,(H,8,9)/t;3-,4+/m.1/s1. The maximum absolute atomic E-state index is 10.2. The molecule has 1 heterocycles. The summed E-state index contributed by atoms with van der Waals surface area (Å²) in [5, 5.41) is 28.1. The number of aliphatic hydroxyl groups excluding tert-OH is 1. The van der Waals surface area contributed by atoms with Gasteiger partial charge in [-0.1, -0.05) is 32.6 Å². The average molecular weight is 275 g/mol. The van der Waals surface area contributed by atoms with E-state index < -0.39 is 24.1 Å². The normalized spacial score (nSPS) is 21.6. The number of aliphatic carboxylic acids is 2. The summed E-state index contributed by atoms with van der Waals surface area (Å²) in [5.41, 5.74) is 0. The number of hydrogen-bond acceptors (Lipinski definition) is 4. The highest BCUT2D eigenvalue weighted by molar-refractivity contribution is 5.73. The van der Waals surface area contributed by atoms with Crippen LogP contribution in [0.1, 0.15) is 51.9 Å². The van der Waals surface area contributed by atoms with Crippen molar-refractivity contribution in [3.8, 4) is 0 Å². The minimum absolute atomic E-state index is 0.329. The zero-order chi connectivity index (χ0) is 14.7. The van der Waals surface area contributed by atoms with Gasteiger partial charge in [-0.15, -0.1) is 0 Å². The SMILES string of the molecule is CCCCCCCC(=O)O.O=C(O)[C@@H]1C[C@@H](O)CN1. The molecular weight excluding hydrogens is 250 g/mol. The molecule has 112 valence electrons. The van der Waals surface area contributed by atoms with E-state index in [1.807, 2.05) is 0 Å². The Morgan fingerprint density at radius 3 is 2.16 bits per heavy atom. The van der Waals surface area contributed by atoms with Gasteiger partial charge in [0.25, 0.3) is 0 Å². The van der Waals surface area contributed by atoms with E-state index in [0.717, 1.165) is 12.8 Å². The number of rotatable bonds is 7. The van der Waals surface area contributed by atoms with Gasteiger partial charge in [0, 0.05) is 19.4 Å². The van der Waals surface area contributed by atoms with Crippen molar-refractivity contribution in [2.75, 3.05) is 6.54 Å². The summed E-state index contributed by atoms with van der Waals surface area (Å²) in [4.78, 5) is 20.2. The summed E-state index contributed by atoms with van der Waals surface area (Å²) in [7, 11) is 0. The first kappa shape index (κ1) is 17.9. The van der Waals surface area contributed by atoms with Gasteiger partial charge in [0.15, 0.2) is 0 Å². The number of carbonyl (C=O) groups is 2. The second-order valence-corrected chi connectivity index (χ2v) is 4.75. The van der Waals surface area contributed by atoms with Crippen LogP contribution in [-0.2, 0) is 9.59 Å². The van der Waals surface area contributed by atoms with E-state index in [1.54, 1.807) is 0 Å². The third kappa shape index (κ3) is 10.5. The predicted molar refractivity (Wildman–Crippen MR) is 71.1 cm³/mol. The van der Waals surface area contributed by atoms with Crippen molar-refractivity contribution in [1.29, 1.82) is 0 Å². The molecule has 0 amide bonds. The van der Waals surface area contributed by atoms with E-state index in [4.69, 9.17) is 15.3 Å². The molecule has 0 aliphatic carbocycles. The lowest BCUT2D eigenvalue weighted by Crippen LogP contribution is -2.29. The molecule has 0 spiro atoms. The zero-order valence-corrected chi connectivity index (χ0v) is 11.5. The van der Waals surface area contributed by atoms with Crippen molar-refractivity contribution in [3.05, 3.63) is 0 Å². The van der Waals surface area contributed by atoms with Crippen LogP contribution >= 0.6 is 0 Å². The highest BCUT2D eigenvalue weighted by Gasteiger charge is 2.27. The molecule has 0 radical (unpaired) electrons. The minimum Gasteiger partial charge on any atom is -0.481 e. The first-order chi connectivity index (χ1) is 8.97. The number of nitrogens with one attached hydrogen (secondary N) is 1. The van der Waals surface area contributed by atoms with Crippen molar-refractivity contribution in [1.82, 2.24) is 5.32 Å². The number of aliphatic hydroxyl groups is 1. The number of unbranched alkanes of at least 4 members (excludes halogenated alkanes) is 4. The van der Waals surface area contributed by atoms with E-state index in [9.17, 15) is 9.59 Å². The average Bonchev–Trinajstić information content (AvgIpc) is 2.76. The van der Waals surface area contributed by atoms with Gasteiger partial charge < -0.3 is 20.6 Å². The first-order valence-electron chi connectivity index (χ1n) is 6.83. The van der Waals surface area contributed by atoms with E-state index in [0.29, 0.717) is 19.4 Å². The van der Waals surface area contributed by atoms with Crippen LogP contribution in [-0.4, -0.2) is 45.9 Å². The molecule has 0 aromatic rings. The van der Waals surface area contributed by atoms with Crippen LogP contribution in [0.3, 0.4) is 0 Å². The van der Waals surface area contributed by atoms with E-state index >= 15 is 0 Å². The molecule has 2 atom stereocenters. The molecule has 4 N–H and O–H groups in total. The van der Waals surface area contributed by atoms with Gasteiger partial charge in [-0.2, -0.15) is 0 Å². The molecule has 6 heteroatoms. The van der Waals surface area contributed by atoms with Gasteiger partial charge in [-0.25, -0.2) is 0 Å². The number of carboxylic acids is 2. The molecule has 0 unspecified atom stereocenters. The summed E-state index contributed by atoms with van der Waals surface area (Å²) in [6.45, 7) is 2.55. The van der Waals surface area contributed by atoms with Crippen molar-refractivity contribution in [2.45, 2.75) is 64.0 Å². The largest absolute Gasteiger partial charge is 0.481 e. The monoisotopic (exact) mass is 275 g/mol. The van der Waals surface area contributed by atoms with Crippen LogP contribution in [0.5, 0.6) is 0 Å². The Bertz CT molecular complexity index is 270. The van der Waals surface area contributed by atoms with Gasteiger partial charge in [-0.3, -0.25) is 9.59 Å². The third-order valence-corrected chi connectivity index (χ3v) is 2.90. The van der Waals surface area contributed by atoms with E-state index in [1.165, 1.54) is 19.3 Å². The number of carboxylic acid groups (broad SMARTS) is 2. The molecular formula is C13H25NO5. The Labute approximate surface area is 113 Å². The van der Waals surface area contributed by atoms with Crippen LogP contribution in [0.2, 0.25) is 0 Å². The molecule has 0 saturated carbocycles. The van der Waals surface area contributed by atoms with Crippen LogP contribution in [0.25, 0.3) is 0 Å². The van der Waals surface area contributed by atoms with Crippen molar-refractivity contribution >= 4 is 11.9 Å². The molecule has 1 aliphatic rings. The number of β-amino-alcohol motifs (C(OH)–C–C–N with tert-alkyl or cyclic N) is 1. The van der Waals surface area contributed by atoms with Crippen molar-refractivity contribution < 1.29 is 24.9 Å². The molecule has 19 heavy (non-hydrogen) atoms. The predicted octanol–water partition coefficient (Wildman–Crippen LogP) is 1.23. The van der Waals surface area contributed by atoms with Crippen LogP contribution in [0, 0.1) is 0 Å². The fourth-order valence-corrected chi connectivity index (χ4v) is 1.78. The Hall–Kier alpha value is -1.14. The maximum Gasteiger partial charge on any atom is 0.320 e. The van der Waals surface area contributed by atoms with E-state index in [-0.39, 0.29) is 0 Å². The fraction of sp³-hybridized carbons (Fsp3) is 0.846. The smallest absolute Gasteiger partial charge is 0.320 e. The first-order valence-corrected chi connectivity index (χ1v) is 6.83. The molecule has 1 saturated heterocycles. The summed E-state index contributed by atoms with van der Waals surface area (Å²) in [6, 6.07) is -0.542. The second kappa shape index (κ2) is 10.8. The van der Waals surface area contributed by atoms with Crippen molar-refractivity contribution in [2.24, 2.45) is 0 Å². The van der Waals surface area contributed by atoms with Crippen LogP contribution < -0.4 is 5.32 Å². The third-order valence-electron chi connectivity index (χ3n) is 2.90. The zero-order valence-electron chi connectivity index (χ0n) is 11.5. The number of hydrogen-bond donors (Lipinski definition) is 4.